The van der Waals surface area contributed by atoms with Crippen LogP contribution in [0.1, 0.15) is 19.3 Å². The fourth-order valence-electron chi connectivity index (χ4n) is 3.51. The number of piperidine rings is 1. The van der Waals surface area contributed by atoms with Crippen molar-refractivity contribution in [3.8, 4) is 5.75 Å². The molecule has 0 radical (unpaired) electrons. The van der Waals surface area contributed by atoms with Gasteiger partial charge in [-0.3, -0.25) is 9.80 Å². The van der Waals surface area contributed by atoms with Crippen molar-refractivity contribution in [1.82, 2.24) is 9.80 Å². The summed E-state index contributed by atoms with van der Waals surface area (Å²) in [4.78, 5) is 5.10. The normalized spacial score (nSPS) is 21.0. The quantitative estimate of drug-likeness (QED) is 0.705. The highest BCUT2D eigenvalue weighted by molar-refractivity contribution is 9.10. The van der Waals surface area contributed by atoms with Crippen molar-refractivity contribution in [2.45, 2.75) is 19.3 Å². The Bertz CT molecular complexity index is 469. The van der Waals surface area contributed by atoms with Gasteiger partial charge in [0.1, 0.15) is 12.4 Å². The molecule has 0 spiro atoms. The maximum absolute atomic E-state index is 5.84. The highest BCUT2D eigenvalue weighted by Crippen LogP contribution is 2.21. The number of benzene rings is 1. The third-order valence-corrected chi connectivity index (χ3v) is 5.68. The van der Waals surface area contributed by atoms with Gasteiger partial charge in [0.25, 0.3) is 0 Å². The molecule has 2 heterocycles. The van der Waals surface area contributed by atoms with Gasteiger partial charge in [-0.25, -0.2) is 0 Å². The molecule has 134 valence electrons. The molecular weight excluding hydrogens is 368 g/mol. The van der Waals surface area contributed by atoms with Crippen LogP contribution in [0.3, 0.4) is 0 Å². The molecule has 24 heavy (non-hydrogen) atoms. The molecule has 0 aromatic heterocycles. The molecule has 2 fully saturated rings. The first-order chi connectivity index (χ1) is 11.8. The molecule has 1 aromatic rings. The number of ether oxygens (including phenoxy) is 2. The zero-order chi connectivity index (χ0) is 16.6. The molecule has 5 heteroatoms. The third kappa shape index (κ3) is 6.03. The predicted molar refractivity (Wildman–Crippen MR) is 101 cm³/mol. The second-order valence-corrected chi connectivity index (χ2v) is 7.75. The standard InChI is InChI=1S/C19H29BrN2O2/c20-18-1-3-19(4-2-18)24-16-13-21-8-5-17(6-9-21)7-10-22-11-14-23-15-12-22/h1-4,17H,5-16H2. The summed E-state index contributed by atoms with van der Waals surface area (Å²) < 4.78 is 12.3. The number of halogens is 1. The largest absolute Gasteiger partial charge is 0.492 e. The van der Waals surface area contributed by atoms with Crippen molar-refractivity contribution >= 4 is 15.9 Å². The van der Waals surface area contributed by atoms with Crippen molar-refractivity contribution in [1.29, 1.82) is 0 Å². The second kappa shape index (κ2) is 9.76. The van der Waals surface area contributed by atoms with Crippen LogP contribution in [-0.4, -0.2) is 68.9 Å². The SMILES string of the molecule is Brc1ccc(OCCN2CCC(CCN3CCOCC3)CC2)cc1. The van der Waals surface area contributed by atoms with Crippen LogP contribution in [0, 0.1) is 5.92 Å². The number of morpholine rings is 1. The van der Waals surface area contributed by atoms with Gasteiger partial charge in [-0.05, 0) is 69.1 Å². The van der Waals surface area contributed by atoms with Gasteiger partial charge >= 0.3 is 0 Å². The van der Waals surface area contributed by atoms with Gasteiger partial charge in [0.05, 0.1) is 13.2 Å². The monoisotopic (exact) mass is 396 g/mol. The molecule has 2 aliphatic rings. The molecule has 0 amide bonds. The van der Waals surface area contributed by atoms with Crippen molar-refractivity contribution in [3.63, 3.8) is 0 Å². The Morgan fingerprint density at radius 3 is 2.33 bits per heavy atom. The highest BCUT2D eigenvalue weighted by Gasteiger charge is 2.20. The summed E-state index contributed by atoms with van der Waals surface area (Å²) >= 11 is 3.45. The Labute approximate surface area is 154 Å². The molecule has 0 bridgehead atoms. The molecule has 0 saturated carbocycles. The number of likely N-dealkylation sites (tertiary alicyclic amines) is 1. The molecule has 0 unspecified atom stereocenters. The maximum atomic E-state index is 5.84. The topological polar surface area (TPSA) is 24.9 Å². The summed E-state index contributed by atoms with van der Waals surface area (Å²) in [5.74, 6) is 1.86. The average molecular weight is 397 g/mol. The zero-order valence-electron chi connectivity index (χ0n) is 14.5. The van der Waals surface area contributed by atoms with Crippen molar-refractivity contribution in [3.05, 3.63) is 28.7 Å². The summed E-state index contributed by atoms with van der Waals surface area (Å²) in [7, 11) is 0. The number of rotatable bonds is 7. The Morgan fingerprint density at radius 2 is 1.62 bits per heavy atom. The molecule has 2 saturated heterocycles. The van der Waals surface area contributed by atoms with E-state index in [1.54, 1.807) is 0 Å². The summed E-state index contributed by atoms with van der Waals surface area (Å²) in [6.45, 7) is 9.56. The number of nitrogens with zero attached hydrogens (tertiary/aromatic N) is 2. The zero-order valence-corrected chi connectivity index (χ0v) is 16.0. The van der Waals surface area contributed by atoms with Crippen LogP contribution < -0.4 is 4.74 Å². The van der Waals surface area contributed by atoms with Gasteiger partial charge < -0.3 is 9.47 Å². The highest BCUT2D eigenvalue weighted by atomic mass is 79.9. The number of hydrogen-bond acceptors (Lipinski definition) is 4. The van der Waals surface area contributed by atoms with Gasteiger partial charge in [-0.1, -0.05) is 15.9 Å². The van der Waals surface area contributed by atoms with Crippen LogP contribution in [0.4, 0.5) is 0 Å². The second-order valence-electron chi connectivity index (χ2n) is 6.83. The van der Waals surface area contributed by atoms with Crippen LogP contribution in [0.25, 0.3) is 0 Å². The van der Waals surface area contributed by atoms with E-state index in [-0.39, 0.29) is 0 Å². The summed E-state index contributed by atoms with van der Waals surface area (Å²) in [5, 5.41) is 0. The minimum Gasteiger partial charge on any atom is -0.492 e. The first-order valence-electron chi connectivity index (χ1n) is 9.20. The first kappa shape index (κ1) is 18.2. The minimum absolute atomic E-state index is 0.778. The predicted octanol–water partition coefficient (Wildman–Crippen LogP) is 3.26. The fourth-order valence-corrected chi connectivity index (χ4v) is 3.78. The average Bonchev–Trinajstić information content (AvgIpc) is 2.64. The Kier molecular flexibility index (Phi) is 7.39. The van der Waals surface area contributed by atoms with Crippen molar-refractivity contribution in [2.24, 2.45) is 5.92 Å². The van der Waals surface area contributed by atoms with Crippen LogP contribution in [0.15, 0.2) is 28.7 Å². The Hall–Kier alpha value is -0.620. The van der Waals surface area contributed by atoms with Gasteiger partial charge in [-0.2, -0.15) is 0 Å². The molecule has 2 aliphatic heterocycles. The lowest BCUT2D eigenvalue weighted by atomic mass is 9.93. The Morgan fingerprint density at radius 1 is 0.958 bits per heavy atom. The van der Waals surface area contributed by atoms with Gasteiger partial charge in [0.15, 0.2) is 0 Å². The van der Waals surface area contributed by atoms with Crippen LogP contribution in [-0.2, 0) is 4.74 Å². The molecular formula is C19H29BrN2O2. The van der Waals surface area contributed by atoms with Crippen LogP contribution in [0.2, 0.25) is 0 Å². The van der Waals surface area contributed by atoms with Gasteiger partial charge in [0, 0.05) is 24.1 Å². The molecule has 1 aromatic carbocycles. The smallest absolute Gasteiger partial charge is 0.119 e. The van der Waals surface area contributed by atoms with E-state index >= 15 is 0 Å². The molecule has 0 aliphatic carbocycles. The van der Waals surface area contributed by atoms with E-state index in [2.05, 4.69) is 25.7 Å². The van der Waals surface area contributed by atoms with E-state index in [1.165, 1.54) is 38.9 Å². The summed E-state index contributed by atoms with van der Waals surface area (Å²) in [6.07, 6.45) is 4.02. The van der Waals surface area contributed by atoms with E-state index in [9.17, 15) is 0 Å². The molecule has 3 rings (SSSR count). The summed E-state index contributed by atoms with van der Waals surface area (Å²) in [6, 6.07) is 8.08. The van der Waals surface area contributed by atoms with Crippen molar-refractivity contribution < 1.29 is 9.47 Å². The van der Waals surface area contributed by atoms with E-state index in [4.69, 9.17) is 9.47 Å². The van der Waals surface area contributed by atoms with Crippen molar-refractivity contribution in [2.75, 3.05) is 59.1 Å². The minimum atomic E-state index is 0.778. The molecule has 0 atom stereocenters. The lowest BCUT2D eigenvalue weighted by Gasteiger charge is -2.33. The first-order valence-corrected chi connectivity index (χ1v) is 10.00. The van der Waals surface area contributed by atoms with E-state index in [1.807, 2.05) is 24.3 Å². The van der Waals surface area contributed by atoms with Gasteiger partial charge in [-0.15, -0.1) is 0 Å². The lowest BCUT2D eigenvalue weighted by molar-refractivity contribution is 0.0334. The third-order valence-electron chi connectivity index (χ3n) is 5.15. The van der Waals surface area contributed by atoms with Crippen LogP contribution >= 0.6 is 15.9 Å². The van der Waals surface area contributed by atoms with E-state index < -0.39 is 0 Å². The molecule has 0 N–H and O–H groups in total. The Balaban J connectivity index is 1.27. The van der Waals surface area contributed by atoms with Crippen LogP contribution in [0.5, 0.6) is 5.75 Å². The fraction of sp³-hybridized carbons (Fsp3) is 0.684. The molecule has 4 nitrogen and oxygen atoms in total. The van der Waals surface area contributed by atoms with Gasteiger partial charge in [0.2, 0.25) is 0 Å². The van der Waals surface area contributed by atoms with E-state index in [0.717, 1.165) is 55.6 Å². The van der Waals surface area contributed by atoms with E-state index in [0.29, 0.717) is 0 Å². The lowest BCUT2D eigenvalue weighted by Crippen LogP contribution is -2.39. The maximum Gasteiger partial charge on any atom is 0.119 e. The number of hydrogen-bond donors (Lipinski definition) is 0. The summed E-state index contributed by atoms with van der Waals surface area (Å²) in [5.41, 5.74) is 0.